The fraction of sp³-hybridized carbons (Fsp3) is 0.250. The van der Waals surface area contributed by atoms with Crippen LogP contribution in [0.15, 0.2) is 60.9 Å². The topological polar surface area (TPSA) is 27.7 Å². The molecule has 0 aromatic heterocycles. The molecular formula is C20H19F3O3S. The van der Waals surface area contributed by atoms with Gasteiger partial charge in [-0.3, -0.25) is 0 Å². The molecule has 0 saturated carbocycles. The molecule has 3 nitrogen and oxygen atoms in total. The third-order valence-corrected chi connectivity index (χ3v) is 3.94. The van der Waals surface area contributed by atoms with E-state index in [1.54, 1.807) is 31.2 Å². The molecule has 2 rings (SSSR count). The summed E-state index contributed by atoms with van der Waals surface area (Å²) < 4.78 is 54.3. The van der Waals surface area contributed by atoms with Crippen LogP contribution in [0.4, 0.5) is 13.2 Å². The lowest BCUT2D eigenvalue weighted by atomic mass is 10.2. The van der Waals surface area contributed by atoms with Crippen LogP contribution in [0.1, 0.15) is 25.8 Å². The quantitative estimate of drug-likeness (QED) is 0.393. The van der Waals surface area contributed by atoms with Crippen molar-refractivity contribution in [3.8, 4) is 17.2 Å². The zero-order valence-corrected chi connectivity index (χ0v) is 15.7. The molecule has 0 aliphatic rings. The Bertz CT molecular complexity index is 784. The number of alkyl halides is 3. The fourth-order valence-corrected chi connectivity index (χ4v) is 2.15. The fourth-order valence-electron chi connectivity index (χ4n) is 1.98. The van der Waals surface area contributed by atoms with Gasteiger partial charge in [-0.2, -0.15) is 13.2 Å². The van der Waals surface area contributed by atoms with Crippen LogP contribution >= 0.6 is 12.2 Å². The minimum absolute atomic E-state index is 0.284. The van der Waals surface area contributed by atoms with E-state index in [-0.39, 0.29) is 5.05 Å². The molecule has 0 spiro atoms. The number of rotatable bonds is 7. The van der Waals surface area contributed by atoms with E-state index in [9.17, 15) is 13.2 Å². The first-order chi connectivity index (χ1) is 12.7. The standard InChI is InChI=1S/C20H19F3O3S/c1-4-13(2)24-19(27)14(3)25-16-9-11-18(12-10-16)26-17-7-5-15(6-8-17)20(21,22)23/h5-12,14H,2,4H2,1,3H3. The second kappa shape index (κ2) is 8.90. The lowest BCUT2D eigenvalue weighted by Gasteiger charge is -2.17. The van der Waals surface area contributed by atoms with Gasteiger partial charge in [-0.1, -0.05) is 13.5 Å². The van der Waals surface area contributed by atoms with E-state index in [2.05, 4.69) is 6.58 Å². The molecule has 0 amide bonds. The highest BCUT2D eigenvalue weighted by atomic mass is 32.1. The Morgan fingerprint density at radius 2 is 1.48 bits per heavy atom. The van der Waals surface area contributed by atoms with E-state index >= 15 is 0 Å². The number of thiocarbonyl (C=S) groups is 1. The Morgan fingerprint density at radius 1 is 1.00 bits per heavy atom. The molecule has 0 bridgehead atoms. The van der Waals surface area contributed by atoms with Crippen LogP contribution in [0.2, 0.25) is 0 Å². The van der Waals surface area contributed by atoms with Gasteiger partial charge < -0.3 is 14.2 Å². The Balaban J connectivity index is 1.95. The maximum absolute atomic E-state index is 12.6. The third-order valence-electron chi connectivity index (χ3n) is 3.53. The minimum Gasteiger partial charge on any atom is -0.482 e. The normalized spacial score (nSPS) is 12.2. The molecule has 7 heteroatoms. The van der Waals surface area contributed by atoms with Crippen LogP contribution in [0, 0.1) is 0 Å². The highest BCUT2D eigenvalue weighted by Gasteiger charge is 2.30. The molecule has 27 heavy (non-hydrogen) atoms. The van der Waals surface area contributed by atoms with Crippen molar-refractivity contribution >= 4 is 17.3 Å². The number of ether oxygens (including phenoxy) is 3. The SMILES string of the molecule is C=C(CC)OC(=S)C(C)Oc1ccc(Oc2ccc(C(F)(F)F)cc2)cc1. The summed E-state index contributed by atoms with van der Waals surface area (Å²) in [5, 5.41) is 0.284. The van der Waals surface area contributed by atoms with E-state index in [1.807, 2.05) is 6.92 Å². The lowest BCUT2D eigenvalue weighted by Crippen LogP contribution is -2.24. The molecule has 0 fully saturated rings. The lowest BCUT2D eigenvalue weighted by molar-refractivity contribution is -0.137. The summed E-state index contributed by atoms with van der Waals surface area (Å²) in [4.78, 5) is 0. The maximum atomic E-state index is 12.6. The van der Waals surface area contributed by atoms with Crippen molar-refractivity contribution in [2.45, 2.75) is 32.5 Å². The molecule has 1 unspecified atom stereocenters. The van der Waals surface area contributed by atoms with Gasteiger partial charge in [0, 0.05) is 6.42 Å². The monoisotopic (exact) mass is 396 g/mol. The van der Waals surface area contributed by atoms with Gasteiger partial charge in [0.1, 0.15) is 17.2 Å². The zero-order chi connectivity index (χ0) is 20.0. The van der Waals surface area contributed by atoms with Gasteiger partial charge in [-0.25, -0.2) is 0 Å². The second-order valence-electron chi connectivity index (χ2n) is 5.67. The van der Waals surface area contributed by atoms with Crippen molar-refractivity contribution in [1.82, 2.24) is 0 Å². The van der Waals surface area contributed by atoms with E-state index in [1.165, 1.54) is 12.1 Å². The number of halogens is 3. The molecule has 0 N–H and O–H groups in total. The van der Waals surface area contributed by atoms with Gasteiger partial charge >= 0.3 is 6.18 Å². The Hall–Kier alpha value is -2.54. The average Bonchev–Trinajstić information content (AvgIpc) is 2.62. The molecule has 2 aromatic rings. The number of allylic oxidation sites excluding steroid dienone is 1. The Morgan fingerprint density at radius 3 is 1.96 bits per heavy atom. The highest BCUT2D eigenvalue weighted by Crippen LogP contribution is 2.31. The van der Waals surface area contributed by atoms with Crippen molar-refractivity contribution in [3.05, 3.63) is 66.4 Å². The van der Waals surface area contributed by atoms with Gasteiger partial charge in [0.05, 0.1) is 11.3 Å². The van der Waals surface area contributed by atoms with Crippen LogP contribution in [0.25, 0.3) is 0 Å². The molecule has 144 valence electrons. The molecule has 0 saturated heterocycles. The predicted molar refractivity (Wildman–Crippen MR) is 101 cm³/mol. The van der Waals surface area contributed by atoms with Gasteiger partial charge in [0.15, 0.2) is 6.10 Å². The zero-order valence-electron chi connectivity index (χ0n) is 14.9. The predicted octanol–water partition coefficient (Wildman–Crippen LogP) is 6.53. The van der Waals surface area contributed by atoms with Crippen molar-refractivity contribution < 1.29 is 27.4 Å². The van der Waals surface area contributed by atoms with Crippen molar-refractivity contribution in [3.63, 3.8) is 0 Å². The highest BCUT2D eigenvalue weighted by molar-refractivity contribution is 7.80. The van der Waals surface area contributed by atoms with Crippen LogP contribution < -0.4 is 9.47 Å². The molecular weight excluding hydrogens is 377 g/mol. The summed E-state index contributed by atoms with van der Waals surface area (Å²) in [6.07, 6.45) is -4.17. The van der Waals surface area contributed by atoms with E-state index in [4.69, 9.17) is 26.4 Å². The van der Waals surface area contributed by atoms with Crippen molar-refractivity contribution in [2.75, 3.05) is 0 Å². The minimum atomic E-state index is -4.37. The van der Waals surface area contributed by atoms with Crippen LogP contribution in [0.3, 0.4) is 0 Å². The van der Waals surface area contributed by atoms with Crippen molar-refractivity contribution in [2.24, 2.45) is 0 Å². The molecule has 0 radical (unpaired) electrons. The maximum Gasteiger partial charge on any atom is 0.416 e. The molecule has 0 heterocycles. The van der Waals surface area contributed by atoms with Gasteiger partial charge in [-0.05, 0) is 67.7 Å². The van der Waals surface area contributed by atoms with Gasteiger partial charge in [0.2, 0.25) is 5.05 Å². The largest absolute Gasteiger partial charge is 0.482 e. The first kappa shape index (κ1) is 20.8. The summed E-state index contributed by atoms with van der Waals surface area (Å²) in [5.74, 6) is 1.89. The second-order valence-corrected chi connectivity index (χ2v) is 6.07. The average molecular weight is 396 g/mol. The van der Waals surface area contributed by atoms with Gasteiger partial charge in [-0.15, -0.1) is 0 Å². The Kier molecular flexibility index (Phi) is 6.85. The van der Waals surface area contributed by atoms with Crippen LogP contribution in [-0.2, 0) is 10.9 Å². The number of hydrogen-bond acceptors (Lipinski definition) is 4. The number of benzene rings is 2. The summed E-state index contributed by atoms with van der Waals surface area (Å²) in [5.41, 5.74) is -0.725. The summed E-state index contributed by atoms with van der Waals surface area (Å²) in [7, 11) is 0. The Labute approximate surface area is 161 Å². The molecule has 0 aliphatic heterocycles. The van der Waals surface area contributed by atoms with Gasteiger partial charge in [0.25, 0.3) is 0 Å². The van der Waals surface area contributed by atoms with Crippen LogP contribution in [0.5, 0.6) is 17.2 Å². The van der Waals surface area contributed by atoms with Crippen LogP contribution in [-0.4, -0.2) is 11.2 Å². The van der Waals surface area contributed by atoms with E-state index in [0.29, 0.717) is 29.4 Å². The first-order valence-electron chi connectivity index (χ1n) is 8.20. The summed E-state index contributed by atoms with van der Waals surface area (Å²) in [6, 6.07) is 11.1. The number of hydrogen-bond donors (Lipinski definition) is 0. The summed E-state index contributed by atoms with van der Waals surface area (Å²) >= 11 is 5.15. The van der Waals surface area contributed by atoms with E-state index in [0.717, 1.165) is 12.1 Å². The molecule has 2 aromatic carbocycles. The smallest absolute Gasteiger partial charge is 0.416 e. The molecule has 1 atom stereocenters. The third kappa shape index (κ3) is 6.29. The van der Waals surface area contributed by atoms with E-state index < -0.39 is 17.8 Å². The summed E-state index contributed by atoms with van der Waals surface area (Å²) in [6.45, 7) is 7.40. The van der Waals surface area contributed by atoms with Crippen molar-refractivity contribution in [1.29, 1.82) is 0 Å². The molecule has 0 aliphatic carbocycles. The first-order valence-corrected chi connectivity index (χ1v) is 8.61.